The maximum atomic E-state index is 12.6. The molecule has 0 spiro atoms. The highest BCUT2D eigenvalue weighted by molar-refractivity contribution is 7.57. The fourth-order valence-electron chi connectivity index (χ4n) is 3.79. The summed E-state index contributed by atoms with van der Waals surface area (Å²) in [6, 6.07) is 2.93. The molecule has 36 heavy (non-hydrogen) atoms. The Morgan fingerprint density at radius 2 is 1.97 bits per heavy atom. The summed E-state index contributed by atoms with van der Waals surface area (Å²) < 4.78 is 44.4. The van der Waals surface area contributed by atoms with Crippen molar-refractivity contribution in [3.05, 3.63) is 45.0 Å². The van der Waals surface area contributed by atoms with E-state index in [2.05, 4.69) is 15.7 Å². The maximum absolute atomic E-state index is 12.6. The molecule has 4 atom stereocenters. The van der Waals surface area contributed by atoms with E-state index in [-0.39, 0.29) is 31.7 Å². The van der Waals surface area contributed by atoms with Crippen LogP contribution in [-0.2, 0) is 27.4 Å². The van der Waals surface area contributed by atoms with Gasteiger partial charge in [0.25, 0.3) is 14.1 Å². The van der Waals surface area contributed by atoms with Crippen molar-refractivity contribution < 1.29 is 27.4 Å². The van der Waals surface area contributed by atoms with Crippen LogP contribution in [0.5, 0.6) is 0 Å². The largest absolute Gasteiger partial charge is 0.372 e. The van der Waals surface area contributed by atoms with Crippen molar-refractivity contribution in [1.29, 1.82) is 5.26 Å². The lowest BCUT2D eigenvalue weighted by atomic mass is 10.0. The number of rotatable bonds is 13. The van der Waals surface area contributed by atoms with Crippen LogP contribution in [0.2, 0.25) is 0 Å². The first-order valence-electron chi connectivity index (χ1n) is 11.6. The minimum Gasteiger partial charge on any atom is -0.372 e. The van der Waals surface area contributed by atoms with Crippen molar-refractivity contribution in [2.45, 2.75) is 70.9 Å². The van der Waals surface area contributed by atoms with Gasteiger partial charge < -0.3 is 22.8 Å². The Morgan fingerprint density at radius 3 is 2.53 bits per heavy atom. The lowest BCUT2D eigenvalue weighted by Gasteiger charge is -2.41. The normalized spacial score (nSPS) is 21.9. The van der Waals surface area contributed by atoms with Gasteiger partial charge in [0.15, 0.2) is 0 Å². The molecular formula is C22H36N4O8P2. The molecule has 0 bridgehead atoms. The van der Waals surface area contributed by atoms with Gasteiger partial charge in [0.2, 0.25) is 0 Å². The third kappa shape index (κ3) is 8.44. The van der Waals surface area contributed by atoms with Crippen molar-refractivity contribution in [1.82, 2.24) is 14.2 Å². The number of nitrogens with one attached hydrogen (secondary N) is 1. The molecule has 14 heteroatoms. The van der Waals surface area contributed by atoms with Crippen LogP contribution in [0.3, 0.4) is 0 Å². The second-order valence-electron chi connectivity index (χ2n) is 8.63. The van der Waals surface area contributed by atoms with Gasteiger partial charge in [0, 0.05) is 50.8 Å². The number of nitriles is 1. The number of ether oxygens (including phenoxy) is 1. The van der Waals surface area contributed by atoms with Crippen molar-refractivity contribution >= 4 is 16.1 Å². The molecule has 1 aliphatic heterocycles. The topological polar surface area (TPSA) is 145 Å². The van der Waals surface area contributed by atoms with Gasteiger partial charge in [-0.2, -0.15) is 5.26 Å². The smallest absolute Gasteiger partial charge is 0.353 e. The molecule has 0 aliphatic carbocycles. The van der Waals surface area contributed by atoms with Gasteiger partial charge >= 0.3 is 13.3 Å². The Labute approximate surface area is 212 Å². The lowest BCUT2D eigenvalue weighted by molar-refractivity contribution is -0.0543. The Bertz CT molecular complexity index is 1050. The van der Waals surface area contributed by atoms with E-state index in [1.807, 2.05) is 27.7 Å². The van der Waals surface area contributed by atoms with E-state index in [0.29, 0.717) is 6.42 Å². The summed E-state index contributed by atoms with van der Waals surface area (Å²) in [6.07, 6.45) is 2.42. The van der Waals surface area contributed by atoms with Gasteiger partial charge in [0.1, 0.15) is 0 Å². The summed E-state index contributed by atoms with van der Waals surface area (Å²) >= 11 is 0. The van der Waals surface area contributed by atoms with Crippen LogP contribution in [0, 0.1) is 11.3 Å². The first kappa shape index (κ1) is 30.6. The van der Waals surface area contributed by atoms with E-state index in [4.69, 9.17) is 28.1 Å². The van der Waals surface area contributed by atoms with E-state index in [0.717, 1.165) is 0 Å². The van der Waals surface area contributed by atoms with Crippen LogP contribution in [0.25, 0.3) is 0 Å². The van der Waals surface area contributed by atoms with Gasteiger partial charge in [-0.25, -0.2) is 9.46 Å². The number of aromatic amines is 1. The van der Waals surface area contributed by atoms with Crippen LogP contribution in [0.1, 0.15) is 46.6 Å². The number of nitrogens with zero attached hydrogens (tertiary/aromatic N) is 3. The lowest BCUT2D eigenvalue weighted by Crippen LogP contribution is -2.45. The molecule has 2 rings (SSSR count). The van der Waals surface area contributed by atoms with Gasteiger partial charge in [-0.3, -0.25) is 18.9 Å². The fraction of sp³-hybridized carbons (Fsp3) is 0.682. The molecule has 1 saturated heterocycles. The second kappa shape index (κ2) is 14.3. The molecule has 1 aliphatic rings. The van der Waals surface area contributed by atoms with Crippen molar-refractivity contribution in [3.8, 4) is 6.07 Å². The zero-order valence-corrected chi connectivity index (χ0v) is 23.3. The van der Waals surface area contributed by atoms with E-state index in [9.17, 15) is 14.2 Å². The van der Waals surface area contributed by atoms with Crippen LogP contribution in [0.4, 0.5) is 0 Å². The molecule has 1 N–H and O–H groups in total. The summed E-state index contributed by atoms with van der Waals surface area (Å²) in [5.41, 5.74) is -1.09. The Balaban J connectivity index is 2.42. The molecule has 0 amide bonds. The maximum Gasteiger partial charge on any atom is 0.353 e. The second-order valence-corrected chi connectivity index (χ2v) is 12.1. The fourth-order valence-corrected chi connectivity index (χ4v) is 6.34. The Hall–Kier alpha value is -1.67. The predicted molar refractivity (Wildman–Crippen MR) is 136 cm³/mol. The molecule has 202 valence electrons. The highest BCUT2D eigenvalue weighted by Crippen LogP contribution is 2.50. The molecule has 1 fully saturated rings. The molecule has 12 nitrogen and oxygen atoms in total. The molecule has 0 aromatic carbocycles. The van der Waals surface area contributed by atoms with Crippen molar-refractivity contribution in [2.75, 3.05) is 27.4 Å². The minimum absolute atomic E-state index is 0.0808. The molecule has 1 aromatic heterocycles. The molecule has 1 aromatic rings. The van der Waals surface area contributed by atoms with Gasteiger partial charge in [-0.1, -0.05) is 0 Å². The zero-order chi connectivity index (χ0) is 26.9. The minimum atomic E-state index is -3.40. The van der Waals surface area contributed by atoms with E-state index in [1.165, 1.54) is 36.9 Å². The quantitative estimate of drug-likeness (QED) is 0.288. The average molecular weight is 546 g/mol. The number of H-pyrrole nitrogens is 1. The van der Waals surface area contributed by atoms with Crippen molar-refractivity contribution in [2.24, 2.45) is 0 Å². The molecular weight excluding hydrogens is 510 g/mol. The van der Waals surface area contributed by atoms with E-state index < -0.39 is 45.6 Å². The van der Waals surface area contributed by atoms with Crippen LogP contribution in [-0.4, -0.2) is 65.9 Å². The van der Waals surface area contributed by atoms with Gasteiger partial charge in [-0.05, 0) is 33.8 Å². The molecule has 4 unspecified atom stereocenters. The number of hydrogen-bond acceptors (Lipinski definition) is 10. The highest BCUT2D eigenvalue weighted by Gasteiger charge is 2.38. The SMILES string of the molecule is COP(=O)(/C=C/C1CC(OP(OCCC#N)N(C(C)C)C(C)C)C(n2ccc(=O)[nH]c2=O)CO1)OC. The summed E-state index contributed by atoms with van der Waals surface area (Å²) in [6.45, 7) is 8.38. The summed E-state index contributed by atoms with van der Waals surface area (Å²) in [4.78, 5) is 26.5. The molecule has 0 radical (unpaired) electrons. The molecule has 0 saturated carbocycles. The summed E-state index contributed by atoms with van der Waals surface area (Å²) in [5, 5.41) is 8.99. The zero-order valence-electron chi connectivity index (χ0n) is 21.5. The third-order valence-electron chi connectivity index (χ3n) is 5.46. The van der Waals surface area contributed by atoms with Crippen molar-refractivity contribution in [3.63, 3.8) is 0 Å². The van der Waals surface area contributed by atoms with E-state index in [1.54, 1.807) is 6.08 Å². The first-order chi connectivity index (χ1) is 17.0. The number of hydrogen-bond donors (Lipinski definition) is 1. The summed E-state index contributed by atoms with van der Waals surface area (Å²) in [5.74, 6) is 1.34. The van der Waals surface area contributed by atoms with E-state index >= 15 is 0 Å². The first-order valence-corrected chi connectivity index (χ1v) is 14.4. The van der Waals surface area contributed by atoms with Gasteiger partial charge in [0.05, 0.1) is 44.0 Å². The standard InChI is InChI=1S/C22H36N4O8P2/c1-16(2)26(17(3)4)35(33-12-7-10-23)34-20-14-18(9-13-36(29,30-5)31-6)32-15-19(20)25-11-8-21(27)24-22(25)28/h8-9,11,13,16-20H,7,12,14-15H2,1-6H3,(H,24,27,28)/b13-9+. The monoisotopic (exact) mass is 546 g/mol. The van der Waals surface area contributed by atoms with Crippen LogP contribution >= 0.6 is 16.1 Å². The molecule has 2 heterocycles. The average Bonchev–Trinajstić information content (AvgIpc) is 2.82. The summed E-state index contributed by atoms with van der Waals surface area (Å²) in [7, 11) is -2.43. The predicted octanol–water partition coefficient (Wildman–Crippen LogP) is 3.53. The van der Waals surface area contributed by atoms with Crippen LogP contribution < -0.4 is 11.2 Å². The number of aromatic nitrogens is 2. The Morgan fingerprint density at radius 1 is 1.31 bits per heavy atom. The van der Waals surface area contributed by atoms with Crippen LogP contribution in [0.15, 0.2) is 33.7 Å². The Kier molecular flexibility index (Phi) is 12.2. The third-order valence-corrected chi connectivity index (χ3v) is 9.17. The highest BCUT2D eigenvalue weighted by atomic mass is 31.2. The van der Waals surface area contributed by atoms with Gasteiger partial charge in [-0.15, -0.1) is 0 Å².